The maximum atomic E-state index is 12.6. The van der Waals surface area contributed by atoms with Gasteiger partial charge in [-0.1, -0.05) is 0 Å². The van der Waals surface area contributed by atoms with Gasteiger partial charge in [-0.3, -0.25) is 9.36 Å². The molecule has 3 rings (SSSR count). The smallest absolute Gasteiger partial charge is 0.347 e. The van der Waals surface area contributed by atoms with Crippen LogP contribution in [-0.4, -0.2) is 25.6 Å². The van der Waals surface area contributed by atoms with Gasteiger partial charge in [0.25, 0.3) is 5.56 Å². The number of carboxylic acids is 1. The van der Waals surface area contributed by atoms with Crippen molar-refractivity contribution in [2.24, 2.45) is 0 Å². The molecular weight excluding hydrogens is 334 g/mol. The van der Waals surface area contributed by atoms with Gasteiger partial charge in [0.15, 0.2) is 0 Å². The third-order valence-electron chi connectivity index (χ3n) is 3.76. The molecule has 0 aliphatic heterocycles. The van der Waals surface area contributed by atoms with Gasteiger partial charge in [0.2, 0.25) is 0 Å². The summed E-state index contributed by atoms with van der Waals surface area (Å²) in [6.45, 7) is 6.03. The zero-order chi connectivity index (χ0) is 16.7. The van der Waals surface area contributed by atoms with Gasteiger partial charge in [-0.05, 0) is 26.3 Å². The molecule has 0 saturated carbocycles. The van der Waals surface area contributed by atoms with Gasteiger partial charge in [0, 0.05) is 17.8 Å². The van der Waals surface area contributed by atoms with Crippen LogP contribution in [0.2, 0.25) is 0 Å². The second kappa shape index (κ2) is 5.86. The molecule has 0 atom stereocenters. The van der Waals surface area contributed by atoms with E-state index in [-0.39, 0.29) is 10.4 Å². The molecule has 120 valence electrons. The minimum absolute atomic E-state index is 0.0522. The van der Waals surface area contributed by atoms with Crippen LogP contribution in [0, 0.1) is 20.8 Å². The molecule has 0 aromatic carbocycles. The number of hydrogen-bond acceptors (Lipinski definition) is 6. The number of carbonyl (C=O) groups is 1. The summed E-state index contributed by atoms with van der Waals surface area (Å²) in [5.74, 6) is -0.962. The number of thiazole rings is 1. The van der Waals surface area contributed by atoms with Crippen molar-refractivity contribution in [3.05, 3.63) is 42.7 Å². The molecule has 0 spiro atoms. The monoisotopic (exact) mass is 349 g/mol. The zero-order valence-corrected chi connectivity index (χ0v) is 14.5. The van der Waals surface area contributed by atoms with Crippen molar-refractivity contribution < 1.29 is 9.90 Å². The number of carboxylic acid groups (broad SMARTS) is 1. The maximum Gasteiger partial charge on any atom is 0.347 e. The van der Waals surface area contributed by atoms with Crippen LogP contribution in [0.15, 0.2) is 11.1 Å². The first-order valence-corrected chi connectivity index (χ1v) is 8.66. The van der Waals surface area contributed by atoms with E-state index in [0.29, 0.717) is 29.1 Å². The van der Waals surface area contributed by atoms with Gasteiger partial charge in [-0.25, -0.2) is 14.8 Å². The SMILES string of the molecule is Cc1nc(CCn2cnc3sc(C)c(C)c3c2=O)sc1C(=O)O. The molecule has 6 nitrogen and oxygen atoms in total. The fourth-order valence-corrected chi connectivity index (χ4v) is 4.28. The quantitative estimate of drug-likeness (QED) is 0.783. The maximum absolute atomic E-state index is 12.6. The number of aromatic nitrogens is 3. The number of fused-ring (bicyclic) bond motifs is 1. The standard InChI is InChI=1S/C15H15N3O3S2/c1-7-9(3)22-13-11(7)14(19)18(6-16-13)5-4-10-17-8(2)12(23-10)15(20)21/h6H,4-5H2,1-3H3,(H,20,21). The van der Waals surface area contributed by atoms with Crippen LogP contribution in [0.25, 0.3) is 10.2 Å². The Kier molecular flexibility index (Phi) is 4.03. The Balaban J connectivity index is 1.89. The number of aryl methyl sites for hydroxylation is 5. The van der Waals surface area contributed by atoms with Crippen molar-refractivity contribution >= 4 is 38.9 Å². The average Bonchev–Trinajstić information content (AvgIpc) is 3.00. The van der Waals surface area contributed by atoms with E-state index < -0.39 is 5.97 Å². The Morgan fingerprint density at radius 3 is 2.70 bits per heavy atom. The summed E-state index contributed by atoms with van der Waals surface area (Å²) in [7, 11) is 0. The molecule has 0 unspecified atom stereocenters. The summed E-state index contributed by atoms with van der Waals surface area (Å²) in [4.78, 5) is 34.4. The molecule has 0 radical (unpaired) electrons. The summed E-state index contributed by atoms with van der Waals surface area (Å²) in [5.41, 5.74) is 1.45. The lowest BCUT2D eigenvalue weighted by Gasteiger charge is -2.03. The number of hydrogen-bond donors (Lipinski definition) is 1. The Morgan fingerprint density at radius 1 is 1.30 bits per heavy atom. The van der Waals surface area contributed by atoms with Crippen LogP contribution in [0.1, 0.15) is 30.8 Å². The van der Waals surface area contributed by atoms with Crippen LogP contribution in [0.5, 0.6) is 0 Å². The van der Waals surface area contributed by atoms with Crippen LogP contribution < -0.4 is 5.56 Å². The van der Waals surface area contributed by atoms with Crippen molar-refractivity contribution in [3.63, 3.8) is 0 Å². The second-order valence-electron chi connectivity index (χ2n) is 5.28. The highest BCUT2D eigenvalue weighted by Gasteiger charge is 2.15. The fraction of sp³-hybridized carbons (Fsp3) is 0.333. The van der Waals surface area contributed by atoms with E-state index in [2.05, 4.69) is 9.97 Å². The van der Waals surface area contributed by atoms with Gasteiger partial charge in [0.1, 0.15) is 9.71 Å². The van der Waals surface area contributed by atoms with E-state index in [1.165, 1.54) is 11.3 Å². The van der Waals surface area contributed by atoms with E-state index in [0.717, 1.165) is 26.6 Å². The highest BCUT2D eigenvalue weighted by molar-refractivity contribution is 7.18. The van der Waals surface area contributed by atoms with E-state index in [9.17, 15) is 9.59 Å². The van der Waals surface area contributed by atoms with Crippen molar-refractivity contribution in [2.75, 3.05) is 0 Å². The van der Waals surface area contributed by atoms with Crippen LogP contribution in [-0.2, 0) is 13.0 Å². The molecule has 0 saturated heterocycles. The van der Waals surface area contributed by atoms with Gasteiger partial charge < -0.3 is 5.11 Å². The molecular formula is C15H15N3O3S2. The molecule has 0 aliphatic rings. The normalized spacial score (nSPS) is 11.3. The molecule has 3 heterocycles. The lowest BCUT2D eigenvalue weighted by atomic mass is 10.2. The third-order valence-corrected chi connectivity index (χ3v) is 6.08. The van der Waals surface area contributed by atoms with E-state index >= 15 is 0 Å². The number of nitrogens with zero attached hydrogens (tertiary/aromatic N) is 3. The molecule has 3 aromatic heterocycles. The van der Waals surface area contributed by atoms with Crippen LogP contribution in [0.3, 0.4) is 0 Å². The summed E-state index contributed by atoms with van der Waals surface area (Å²) in [6.07, 6.45) is 2.06. The van der Waals surface area contributed by atoms with Gasteiger partial charge in [0.05, 0.1) is 22.4 Å². The highest BCUT2D eigenvalue weighted by atomic mass is 32.1. The molecule has 0 amide bonds. The van der Waals surface area contributed by atoms with Crippen molar-refractivity contribution in [2.45, 2.75) is 33.7 Å². The average molecular weight is 349 g/mol. The topological polar surface area (TPSA) is 85.1 Å². The minimum Gasteiger partial charge on any atom is -0.477 e. The Labute approximate surface area is 140 Å². The Bertz CT molecular complexity index is 968. The Hall–Kier alpha value is -2.06. The molecule has 1 N–H and O–H groups in total. The van der Waals surface area contributed by atoms with Gasteiger partial charge >= 0.3 is 5.97 Å². The number of rotatable bonds is 4. The van der Waals surface area contributed by atoms with Gasteiger partial charge in [-0.2, -0.15) is 0 Å². The van der Waals surface area contributed by atoms with E-state index in [4.69, 9.17) is 5.11 Å². The second-order valence-corrected chi connectivity index (χ2v) is 7.57. The molecule has 23 heavy (non-hydrogen) atoms. The third kappa shape index (κ3) is 2.79. The summed E-state index contributed by atoms with van der Waals surface area (Å²) < 4.78 is 1.57. The van der Waals surface area contributed by atoms with Crippen molar-refractivity contribution in [1.29, 1.82) is 0 Å². The molecule has 0 bridgehead atoms. The largest absolute Gasteiger partial charge is 0.477 e. The fourth-order valence-electron chi connectivity index (χ4n) is 2.40. The van der Waals surface area contributed by atoms with Crippen molar-refractivity contribution in [3.8, 4) is 0 Å². The molecule has 0 fully saturated rings. The van der Waals surface area contributed by atoms with Crippen molar-refractivity contribution in [1.82, 2.24) is 14.5 Å². The predicted octanol–water partition coefficient (Wildman–Crippen LogP) is 2.78. The van der Waals surface area contributed by atoms with E-state index in [1.54, 1.807) is 17.8 Å². The summed E-state index contributed by atoms with van der Waals surface area (Å²) >= 11 is 2.68. The summed E-state index contributed by atoms with van der Waals surface area (Å²) in [5, 5.41) is 10.5. The zero-order valence-electron chi connectivity index (χ0n) is 12.9. The number of aromatic carboxylic acids is 1. The first kappa shape index (κ1) is 15.8. The molecule has 0 aliphatic carbocycles. The molecule has 8 heteroatoms. The lowest BCUT2D eigenvalue weighted by Crippen LogP contribution is -2.21. The van der Waals surface area contributed by atoms with Crippen LogP contribution >= 0.6 is 22.7 Å². The Morgan fingerprint density at radius 2 is 2.04 bits per heavy atom. The number of thiophene rings is 1. The lowest BCUT2D eigenvalue weighted by molar-refractivity contribution is 0.0701. The summed E-state index contributed by atoms with van der Waals surface area (Å²) in [6, 6.07) is 0. The van der Waals surface area contributed by atoms with E-state index in [1.807, 2.05) is 13.8 Å². The highest BCUT2D eigenvalue weighted by Crippen LogP contribution is 2.25. The first-order valence-electron chi connectivity index (χ1n) is 7.03. The van der Waals surface area contributed by atoms with Gasteiger partial charge in [-0.15, -0.1) is 22.7 Å². The first-order chi connectivity index (χ1) is 10.9. The molecule has 3 aromatic rings. The minimum atomic E-state index is -0.962. The van der Waals surface area contributed by atoms with Crippen LogP contribution in [0.4, 0.5) is 0 Å². The predicted molar refractivity (Wildman–Crippen MR) is 90.9 cm³/mol.